The molecule has 1 aliphatic rings. The van der Waals surface area contributed by atoms with Gasteiger partial charge < -0.3 is 5.11 Å². The second-order valence-corrected chi connectivity index (χ2v) is 3.67. The smallest absolute Gasteiger partial charge is 0.0640 e. The van der Waals surface area contributed by atoms with Gasteiger partial charge in [0.2, 0.25) is 0 Å². The molecule has 1 aromatic rings. The van der Waals surface area contributed by atoms with E-state index in [1.165, 1.54) is 12.0 Å². The number of benzene rings is 1. The summed E-state index contributed by atoms with van der Waals surface area (Å²) in [6, 6.07) is 10.3. The number of aliphatic hydroxyl groups excluding tert-OH is 1. The maximum Gasteiger partial charge on any atom is 0.0640 e. The summed E-state index contributed by atoms with van der Waals surface area (Å²) in [6.07, 6.45) is 5.17. The highest BCUT2D eigenvalue weighted by Crippen LogP contribution is 2.32. The molecule has 0 bridgehead atoms. The highest BCUT2D eigenvalue weighted by atomic mass is 16.3. The van der Waals surface area contributed by atoms with Gasteiger partial charge >= 0.3 is 0 Å². The molecule has 69 valence electrons. The lowest BCUT2D eigenvalue weighted by Gasteiger charge is -2.27. The lowest BCUT2D eigenvalue weighted by atomic mass is 9.82. The normalized spacial score (nSPS) is 28.7. The number of hydrogen-bond acceptors (Lipinski definition) is 1. The first-order chi connectivity index (χ1) is 6.38. The van der Waals surface area contributed by atoms with Crippen LogP contribution < -0.4 is 0 Å². The molecule has 1 N–H and O–H groups in total. The Morgan fingerprint density at radius 2 is 1.92 bits per heavy atom. The fraction of sp³-hybridized carbons (Fsp3) is 0.417. The van der Waals surface area contributed by atoms with Gasteiger partial charge in [-0.2, -0.15) is 0 Å². The Morgan fingerprint density at radius 3 is 2.62 bits per heavy atom. The van der Waals surface area contributed by atoms with E-state index in [-0.39, 0.29) is 6.10 Å². The summed E-state index contributed by atoms with van der Waals surface area (Å²) in [5.41, 5.74) is 1.27. The fourth-order valence-corrected chi connectivity index (χ4v) is 2.03. The Labute approximate surface area is 79.4 Å². The zero-order valence-corrected chi connectivity index (χ0v) is 7.69. The molecule has 1 aliphatic carbocycles. The predicted molar refractivity (Wildman–Crippen MR) is 53.3 cm³/mol. The molecular weight excluding hydrogens is 160 g/mol. The second kappa shape index (κ2) is 3.93. The molecule has 1 saturated carbocycles. The van der Waals surface area contributed by atoms with Crippen LogP contribution in [0, 0.1) is 6.42 Å². The molecular formula is C12H15O. The first-order valence-corrected chi connectivity index (χ1v) is 4.94. The Morgan fingerprint density at radius 1 is 1.15 bits per heavy atom. The minimum atomic E-state index is -0.240. The molecule has 0 aliphatic heterocycles. The zero-order valence-electron chi connectivity index (χ0n) is 7.69. The molecule has 1 fully saturated rings. The second-order valence-electron chi connectivity index (χ2n) is 3.67. The van der Waals surface area contributed by atoms with Crippen LogP contribution in [-0.4, -0.2) is 11.2 Å². The molecule has 1 nitrogen and oxygen atoms in total. The molecule has 1 aromatic carbocycles. The minimum absolute atomic E-state index is 0.240. The van der Waals surface area contributed by atoms with Crippen LogP contribution in [0.15, 0.2) is 30.3 Å². The van der Waals surface area contributed by atoms with Crippen molar-refractivity contribution >= 4 is 0 Å². The first-order valence-electron chi connectivity index (χ1n) is 4.94. The van der Waals surface area contributed by atoms with Crippen LogP contribution in [0.5, 0.6) is 0 Å². The van der Waals surface area contributed by atoms with Crippen LogP contribution in [0.1, 0.15) is 30.7 Å². The van der Waals surface area contributed by atoms with Crippen LogP contribution in [0.3, 0.4) is 0 Å². The molecule has 0 saturated heterocycles. The van der Waals surface area contributed by atoms with Crippen molar-refractivity contribution < 1.29 is 5.11 Å². The van der Waals surface area contributed by atoms with Crippen molar-refractivity contribution in [2.75, 3.05) is 0 Å². The van der Waals surface area contributed by atoms with Crippen molar-refractivity contribution in [1.29, 1.82) is 0 Å². The largest absolute Gasteiger partial charge is 0.392 e. The first kappa shape index (κ1) is 8.76. The van der Waals surface area contributed by atoms with Gasteiger partial charge in [0, 0.05) is 5.92 Å². The van der Waals surface area contributed by atoms with Crippen LogP contribution >= 0.6 is 0 Å². The summed E-state index contributed by atoms with van der Waals surface area (Å²) in [5, 5.41) is 9.77. The summed E-state index contributed by atoms with van der Waals surface area (Å²) in [5.74, 6) is 0.329. The topological polar surface area (TPSA) is 20.2 Å². The van der Waals surface area contributed by atoms with Gasteiger partial charge in [0.1, 0.15) is 0 Å². The molecule has 13 heavy (non-hydrogen) atoms. The SMILES string of the molecule is OC1[CH]CCCC1c1ccccc1. The molecule has 2 rings (SSSR count). The molecule has 2 unspecified atom stereocenters. The Bertz CT molecular complexity index is 255. The monoisotopic (exact) mass is 175 g/mol. The number of rotatable bonds is 1. The van der Waals surface area contributed by atoms with E-state index in [0.717, 1.165) is 12.8 Å². The summed E-state index contributed by atoms with van der Waals surface area (Å²) in [4.78, 5) is 0. The van der Waals surface area contributed by atoms with Gasteiger partial charge in [0.25, 0.3) is 0 Å². The van der Waals surface area contributed by atoms with Crippen molar-refractivity contribution in [2.45, 2.75) is 31.3 Å². The average Bonchev–Trinajstić information content (AvgIpc) is 2.20. The summed E-state index contributed by atoms with van der Waals surface area (Å²) < 4.78 is 0. The van der Waals surface area contributed by atoms with Crippen molar-refractivity contribution in [2.24, 2.45) is 0 Å². The minimum Gasteiger partial charge on any atom is -0.392 e. The molecule has 0 aromatic heterocycles. The van der Waals surface area contributed by atoms with Gasteiger partial charge in [-0.3, -0.25) is 0 Å². The van der Waals surface area contributed by atoms with Crippen molar-refractivity contribution in [1.82, 2.24) is 0 Å². The Balaban J connectivity index is 2.15. The van der Waals surface area contributed by atoms with Crippen molar-refractivity contribution in [3.8, 4) is 0 Å². The van der Waals surface area contributed by atoms with E-state index in [9.17, 15) is 5.11 Å². The predicted octanol–water partition coefficient (Wildman–Crippen LogP) is 2.52. The summed E-state index contributed by atoms with van der Waals surface area (Å²) >= 11 is 0. The highest BCUT2D eigenvalue weighted by molar-refractivity contribution is 5.22. The highest BCUT2D eigenvalue weighted by Gasteiger charge is 2.24. The van der Waals surface area contributed by atoms with E-state index in [1.807, 2.05) is 24.6 Å². The van der Waals surface area contributed by atoms with Gasteiger partial charge in [-0.05, 0) is 24.8 Å². The average molecular weight is 175 g/mol. The van der Waals surface area contributed by atoms with Gasteiger partial charge in [0.15, 0.2) is 0 Å². The number of hydrogen-bond donors (Lipinski definition) is 1. The van der Waals surface area contributed by atoms with Crippen molar-refractivity contribution in [3.05, 3.63) is 42.3 Å². The lowest BCUT2D eigenvalue weighted by molar-refractivity contribution is 0.149. The van der Waals surface area contributed by atoms with E-state index in [0.29, 0.717) is 5.92 Å². The third-order valence-corrected chi connectivity index (χ3v) is 2.77. The van der Waals surface area contributed by atoms with E-state index in [2.05, 4.69) is 12.1 Å². The van der Waals surface area contributed by atoms with Gasteiger partial charge in [0.05, 0.1) is 6.10 Å². The Kier molecular flexibility index (Phi) is 2.65. The van der Waals surface area contributed by atoms with Crippen LogP contribution in [0.25, 0.3) is 0 Å². The maximum absolute atomic E-state index is 9.77. The molecule has 2 atom stereocenters. The standard InChI is InChI=1S/C12H15O/c13-12-9-5-4-8-11(12)10-6-2-1-3-7-10/h1-3,6-7,9,11-13H,4-5,8H2. The quantitative estimate of drug-likeness (QED) is 0.695. The van der Waals surface area contributed by atoms with Gasteiger partial charge in [-0.25, -0.2) is 0 Å². The lowest BCUT2D eigenvalue weighted by Crippen LogP contribution is -2.22. The van der Waals surface area contributed by atoms with Crippen molar-refractivity contribution in [3.63, 3.8) is 0 Å². The molecule has 0 amide bonds. The molecule has 0 heterocycles. The van der Waals surface area contributed by atoms with Crippen LogP contribution in [0.4, 0.5) is 0 Å². The fourth-order valence-electron chi connectivity index (χ4n) is 2.03. The van der Waals surface area contributed by atoms with E-state index < -0.39 is 0 Å². The third-order valence-electron chi connectivity index (χ3n) is 2.77. The number of aliphatic hydroxyl groups is 1. The third kappa shape index (κ3) is 1.92. The maximum atomic E-state index is 9.77. The van der Waals surface area contributed by atoms with E-state index in [4.69, 9.17) is 0 Å². The molecule has 1 radical (unpaired) electrons. The van der Waals surface area contributed by atoms with Crippen LogP contribution in [-0.2, 0) is 0 Å². The van der Waals surface area contributed by atoms with Gasteiger partial charge in [-0.1, -0.05) is 36.8 Å². The zero-order chi connectivity index (χ0) is 9.10. The van der Waals surface area contributed by atoms with Gasteiger partial charge in [-0.15, -0.1) is 0 Å². The van der Waals surface area contributed by atoms with E-state index in [1.54, 1.807) is 0 Å². The van der Waals surface area contributed by atoms with Crippen LogP contribution in [0.2, 0.25) is 0 Å². The molecule has 1 heteroatoms. The Hall–Kier alpha value is -0.820. The van der Waals surface area contributed by atoms with E-state index >= 15 is 0 Å². The molecule has 0 spiro atoms. The summed E-state index contributed by atoms with van der Waals surface area (Å²) in [7, 11) is 0. The summed E-state index contributed by atoms with van der Waals surface area (Å²) in [6.45, 7) is 0.